The van der Waals surface area contributed by atoms with Crippen LogP contribution in [0.5, 0.6) is 5.75 Å². The molecule has 2 aromatic rings. The maximum Gasteiger partial charge on any atom is 0.324 e. The van der Waals surface area contributed by atoms with Crippen LogP contribution in [0, 0.1) is 5.82 Å². The number of halogens is 1. The number of carbonyl (C=O) groups excluding carboxylic acids is 2. The first kappa shape index (κ1) is 16.0. The van der Waals surface area contributed by atoms with Crippen LogP contribution in [0.25, 0.3) is 0 Å². The lowest BCUT2D eigenvalue weighted by molar-refractivity contribution is -0.127. The van der Waals surface area contributed by atoms with Crippen LogP contribution in [0.15, 0.2) is 54.6 Å². The molecule has 3 rings (SSSR count). The number of amides is 3. The van der Waals surface area contributed by atoms with Gasteiger partial charge in [-0.15, -0.1) is 0 Å². The van der Waals surface area contributed by atoms with E-state index in [2.05, 4.69) is 5.32 Å². The average Bonchev–Trinajstić information content (AvgIpc) is 2.85. The van der Waals surface area contributed by atoms with Gasteiger partial charge < -0.3 is 10.1 Å². The highest BCUT2D eigenvalue weighted by Crippen LogP contribution is 2.16. The number of rotatable bonds is 6. The molecule has 0 aliphatic carbocycles. The molecular formula is C18H17FN2O3. The topological polar surface area (TPSA) is 58.6 Å². The average molecular weight is 328 g/mol. The van der Waals surface area contributed by atoms with Crippen LogP contribution in [0.2, 0.25) is 0 Å². The first-order chi connectivity index (χ1) is 11.6. The van der Waals surface area contributed by atoms with Gasteiger partial charge in [-0.05, 0) is 17.7 Å². The summed E-state index contributed by atoms with van der Waals surface area (Å²) in [5.74, 6) is -0.664. The summed E-state index contributed by atoms with van der Waals surface area (Å²) in [7, 11) is 0. The van der Waals surface area contributed by atoms with Gasteiger partial charge in [-0.25, -0.2) is 9.18 Å². The molecule has 1 saturated heterocycles. The fourth-order valence-electron chi connectivity index (χ4n) is 2.59. The predicted octanol–water partition coefficient (Wildman–Crippen LogP) is 2.37. The van der Waals surface area contributed by atoms with Crippen LogP contribution in [0.1, 0.15) is 5.56 Å². The molecule has 3 amide bonds. The molecular weight excluding hydrogens is 311 g/mol. The Morgan fingerprint density at radius 3 is 2.50 bits per heavy atom. The highest BCUT2D eigenvalue weighted by molar-refractivity contribution is 6.04. The Morgan fingerprint density at radius 1 is 1.04 bits per heavy atom. The number of imide groups is 1. The number of hydrogen-bond donors (Lipinski definition) is 1. The van der Waals surface area contributed by atoms with Crippen molar-refractivity contribution in [1.29, 1.82) is 0 Å². The summed E-state index contributed by atoms with van der Waals surface area (Å²) in [6.45, 7) is 0.114. The molecule has 2 aromatic carbocycles. The molecule has 124 valence electrons. The molecule has 0 unspecified atom stereocenters. The van der Waals surface area contributed by atoms with Crippen molar-refractivity contribution < 1.29 is 18.7 Å². The molecule has 24 heavy (non-hydrogen) atoms. The van der Waals surface area contributed by atoms with Crippen molar-refractivity contribution in [3.63, 3.8) is 0 Å². The van der Waals surface area contributed by atoms with Gasteiger partial charge in [0.1, 0.15) is 12.6 Å². The number of hydrogen-bond acceptors (Lipinski definition) is 3. The zero-order chi connectivity index (χ0) is 16.9. The summed E-state index contributed by atoms with van der Waals surface area (Å²) in [6.07, 6.45) is 0.441. The Hall–Kier alpha value is -2.89. The van der Waals surface area contributed by atoms with Crippen molar-refractivity contribution >= 4 is 11.9 Å². The molecule has 6 heteroatoms. The standard InChI is InChI=1S/C18H17FN2O3/c19-14-8-4-5-9-16(14)24-11-10-21-17(22)15(20-18(21)23)12-13-6-2-1-3-7-13/h1-9,15H,10-12H2,(H,20,23)/t15-/m0/s1. The van der Waals surface area contributed by atoms with E-state index in [-0.39, 0.29) is 24.8 Å². The van der Waals surface area contributed by atoms with Gasteiger partial charge in [0.15, 0.2) is 11.6 Å². The number of nitrogens with one attached hydrogen (secondary N) is 1. The monoisotopic (exact) mass is 328 g/mol. The lowest BCUT2D eigenvalue weighted by Gasteiger charge is -2.14. The number of benzene rings is 2. The van der Waals surface area contributed by atoms with E-state index in [1.165, 1.54) is 12.1 Å². The molecule has 1 fully saturated rings. The third kappa shape index (κ3) is 3.53. The minimum Gasteiger partial charge on any atom is -0.489 e. The predicted molar refractivity (Wildman–Crippen MR) is 86.1 cm³/mol. The lowest BCUT2D eigenvalue weighted by Crippen LogP contribution is -2.35. The third-order valence-corrected chi connectivity index (χ3v) is 3.80. The number of ether oxygens (including phenoxy) is 1. The second kappa shape index (κ2) is 7.12. The van der Waals surface area contributed by atoms with Gasteiger partial charge in [0.05, 0.1) is 6.54 Å². The zero-order valence-electron chi connectivity index (χ0n) is 12.9. The number of urea groups is 1. The van der Waals surface area contributed by atoms with Gasteiger partial charge in [-0.2, -0.15) is 0 Å². The van der Waals surface area contributed by atoms with Crippen LogP contribution in [-0.2, 0) is 11.2 Å². The SMILES string of the molecule is O=C1N[C@@H](Cc2ccccc2)C(=O)N1CCOc1ccccc1F. The van der Waals surface area contributed by atoms with Crippen LogP contribution >= 0.6 is 0 Å². The summed E-state index contributed by atoms with van der Waals surface area (Å²) in [6, 6.07) is 14.5. The minimum atomic E-state index is -0.576. The van der Waals surface area contributed by atoms with Gasteiger partial charge in [0, 0.05) is 6.42 Å². The van der Waals surface area contributed by atoms with Crippen molar-refractivity contribution in [3.05, 3.63) is 66.0 Å². The first-order valence-electron chi connectivity index (χ1n) is 7.68. The zero-order valence-corrected chi connectivity index (χ0v) is 12.9. The minimum absolute atomic E-state index is 0.0398. The summed E-state index contributed by atoms with van der Waals surface area (Å²) in [5.41, 5.74) is 0.973. The second-order valence-electron chi connectivity index (χ2n) is 5.46. The van der Waals surface area contributed by atoms with Gasteiger partial charge in [-0.3, -0.25) is 9.69 Å². The molecule has 0 aromatic heterocycles. The molecule has 0 spiro atoms. The van der Waals surface area contributed by atoms with E-state index in [0.29, 0.717) is 6.42 Å². The van der Waals surface area contributed by atoms with Gasteiger partial charge >= 0.3 is 6.03 Å². The first-order valence-corrected chi connectivity index (χ1v) is 7.68. The largest absolute Gasteiger partial charge is 0.489 e. The Labute approximate surface area is 139 Å². The number of carbonyl (C=O) groups is 2. The van der Waals surface area contributed by atoms with E-state index in [1.807, 2.05) is 30.3 Å². The fourth-order valence-corrected chi connectivity index (χ4v) is 2.59. The van der Waals surface area contributed by atoms with Crippen LogP contribution in [-0.4, -0.2) is 36.0 Å². The van der Waals surface area contributed by atoms with Gasteiger partial charge in [0.2, 0.25) is 0 Å². The quantitative estimate of drug-likeness (QED) is 0.828. The maximum atomic E-state index is 13.5. The highest BCUT2D eigenvalue weighted by atomic mass is 19.1. The van der Waals surface area contributed by atoms with Crippen molar-refractivity contribution in [3.8, 4) is 5.75 Å². The van der Waals surface area contributed by atoms with Gasteiger partial charge in [-0.1, -0.05) is 42.5 Å². The van der Waals surface area contributed by atoms with Crippen LogP contribution in [0.3, 0.4) is 0 Å². The molecule has 1 aliphatic heterocycles. The summed E-state index contributed by atoms with van der Waals surface area (Å²) in [4.78, 5) is 25.4. The van der Waals surface area contributed by atoms with Crippen molar-refractivity contribution in [2.75, 3.05) is 13.2 Å². The third-order valence-electron chi connectivity index (χ3n) is 3.80. The molecule has 0 saturated carbocycles. The summed E-state index contributed by atoms with van der Waals surface area (Å²) >= 11 is 0. The highest BCUT2D eigenvalue weighted by Gasteiger charge is 2.37. The van der Waals surface area contributed by atoms with Crippen molar-refractivity contribution in [2.24, 2.45) is 0 Å². The van der Waals surface area contributed by atoms with E-state index in [0.717, 1.165) is 10.5 Å². The normalized spacial score (nSPS) is 17.0. The Morgan fingerprint density at radius 2 is 1.75 bits per heavy atom. The molecule has 5 nitrogen and oxygen atoms in total. The molecule has 0 bridgehead atoms. The Kier molecular flexibility index (Phi) is 4.74. The summed E-state index contributed by atoms with van der Waals surface area (Å²) in [5, 5.41) is 2.67. The Bertz CT molecular complexity index is 736. The molecule has 1 atom stereocenters. The van der Waals surface area contributed by atoms with Crippen LogP contribution < -0.4 is 10.1 Å². The van der Waals surface area contributed by atoms with Gasteiger partial charge in [0.25, 0.3) is 5.91 Å². The van der Waals surface area contributed by atoms with Crippen LogP contribution in [0.4, 0.5) is 9.18 Å². The van der Waals surface area contributed by atoms with Crippen molar-refractivity contribution in [1.82, 2.24) is 10.2 Å². The van der Waals surface area contributed by atoms with E-state index in [9.17, 15) is 14.0 Å². The smallest absolute Gasteiger partial charge is 0.324 e. The van der Waals surface area contributed by atoms with E-state index in [1.54, 1.807) is 12.1 Å². The van der Waals surface area contributed by atoms with E-state index < -0.39 is 17.9 Å². The fraction of sp³-hybridized carbons (Fsp3) is 0.222. The maximum absolute atomic E-state index is 13.5. The molecule has 1 heterocycles. The lowest BCUT2D eigenvalue weighted by atomic mass is 10.1. The number of para-hydroxylation sites is 1. The Balaban J connectivity index is 1.55. The van der Waals surface area contributed by atoms with E-state index in [4.69, 9.17) is 4.74 Å². The van der Waals surface area contributed by atoms with E-state index >= 15 is 0 Å². The number of nitrogens with zero attached hydrogens (tertiary/aromatic N) is 1. The summed E-state index contributed by atoms with van der Waals surface area (Å²) < 4.78 is 18.8. The van der Waals surface area contributed by atoms with Crippen molar-refractivity contribution in [2.45, 2.75) is 12.5 Å². The second-order valence-corrected chi connectivity index (χ2v) is 5.46. The molecule has 1 N–H and O–H groups in total. The molecule has 0 radical (unpaired) electrons. The molecule has 1 aliphatic rings.